The lowest BCUT2D eigenvalue weighted by Crippen LogP contribution is -1.96. The predicted octanol–water partition coefficient (Wildman–Crippen LogP) is 1.59. The van der Waals surface area contributed by atoms with Crippen molar-refractivity contribution in [3.05, 3.63) is 24.3 Å². The van der Waals surface area contributed by atoms with Crippen molar-refractivity contribution in [2.24, 2.45) is 0 Å². The van der Waals surface area contributed by atoms with Gasteiger partial charge in [0.1, 0.15) is 0 Å². The topological polar surface area (TPSA) is 12.0 Å². The summed E-state index contributed by atoms with van der Waals surface area (Å²) in [5.74, 6) is 0. The van der Waals surface area contributed by atoms with Gasteiger partial charge in [-0.15, -0.1) is 4.48 Å². The highest BCUT2D eigenvalue weighted by Gasteiger charge is 1.67. The van der Waals surface area contributed by atoms with Crippen LogP contribution in [-0.2, 0) is 0 Å². The van der Waals surface area contributed by atoms with Crippen LogP contribution in [-0.4, -0.2) is 6.54 Å². The first-order valence-corrected chi connectivity index (χ1v) is 2.53. The fourth-order valence-electron chi connectivity index (χ4n) is 0.302. The summed E-state index contributed by atoms with van der Waals surface area (Å²) in [4.78, 5) is 0. The molecule has 2 heteroatoms. The number of rotatable bonds is 3. The zero-order valence-electron chi connectivity index (χ0n) is 4.89. The Labute approximate surface area is 48.8 Å². The molecule has 0 aromatic rings. The maximum Gasteiger partial charge on any atom is 0.0443 e. The van der Waals surface area contributed by atoms with Gasteiger partial charge < -0.3 is 0 Å². The second-order valence-electron chi connectivity index (χ2n) is 1.29. The van der Waals surface area contributed by atoms with E-state index in [-0.39, 0.29) is 6.54 Å². The van der Waals surface area contributed by atoms with Crippen LogP contribution in [0.5, 0.6) is 0 Å². The first-order chi connectivity index (χ1) is 3.91. The minimum Gasteiger partial charge on any atom is -0.155 e. The van der Waals surface area contributed by atoms with Crippen LogP contribution in [0.25, 0.3) is 0 Å². The Balaban J connectivity index is 3.07. The quantitative estimate of drug-likeness (QED) is 0.435. The Kier molecular flexibility index (Phi) is 5.87. The van der Waals surface area contributed by atoms with E-state index in [0.29, 0.717) is 0 Å². The van der Waals surface area contributed by atoms with Crippen molar-refractivity contribution in [1.29, 1.82) is 0 Å². The van der Waals surface area contributed by atoms with E-state index in [0.717, 1.165) is 0 Å². The summed E-state index contributed by atoms with van der Waals surface area (Å²) in [6.45, 7) is 2.19. The van der Waals surface area contributed by atoms with Gasteiger partial charge in [0.25, 0.3) is 0 Å². The number of nitrogens with one attached hydrogen (secondary N) is 1. The molecule has 1 nitrogen and oxygen atoms in total. The van der Waals surface area contributed by atoms with Gasteiger partial charge in [-0.2, -0.15) is 5.54 Å². The van der Waals surface area contributed by atoms with Gasteiger partial charge in [-0.25, -0.2) is 0 Å². The number of halogens is 1. The third-order valence-electron chi connectivity index (χ3n) is 0.635. The van der Waals surface area contributed by atoms with Crippen molar-refractivity contribution in [1.82, 2.24) is 5.54 Å². The highest BCUT2D eigenvalue weighted by atomic mass is 19.2. The van der Waals surface area contributed by atoms with Crippen molar-refractivity contribution >= 4 is 0 Å². The molecule has 0 saturated heterocycles. The van der Waals surface area contributed by atoms with Crippen molar-refractivity contribution in [2.75, 3.05) is 6.54 Å². The minimum atomic E-state index is 0.282. The van der Waals surface area contributed by atoms with Gasteiger partial charge in [-0.1, -0.05) is 24.3 Å². The predicted molar refractivity (Wildman–Crippen MR) is 33.1 cm³/mol. The molecule has 0 amide bonds. The summed E-state index contributed by atoms with van der Waals surface area (Å²) in [6.07, 6.45) is 7.21. The summed E-state index contributed by atoms with van der Waals surface area (Å²) >= 11 is 0. The molecule has 0 saturated carbocycles. The number of allylic oxidation sites excluding steroid dienone is 3. The maximum absolute atomic E-state index is 11.1. The molecule has 0 spiro atoms. The van der Waals surface area contributed by atoms with E-state index in [4.69, 9.17) is 0 Å². The Morgan fingerprint density at radius 1 is 1.50 bits per heavy atom. The van der Waals surface area contributed by atoms with E-state index in [1.165, 1.54) is 5.54 Å². The van der Waals surface area contributed by atoms with Gasteiger partial charge in [0.15, 0.2) is 0 Å². The lowest BCUT2D eigenvalue weighted by atomic mass is 10.4. The Hall–Kier alpha value is -0.630. The average molecular weight is 115 g/mol. The third kappa shape index (κ3) is 5.37. The van der Waals surface area contributed by atoms with Crippen LogP contribution < -0.4 is 5.54 Å². The van der Waals surface area contributed by atoms with Gasteiger partial charge >= 0.3 is 0 Å². The first kappa shape index (κ1) is 7.37. The summed E-state index contributed by atoms with van der Waals surface area (Å²) in [7, 11) is 0. The molecule has 0 bridgehead atoms. The summed E-state index contributed by atoms with van der Waals surface area (Å²) < 4.78 is 11.1. The zero-order valence-corrected chi connectivity index (χ0v) is 4.89. The van der Waals surface area contributed by atoms with Crippen molar-refractivity contribution in [3.8, 4) is 0 Å². The van der Waals surface area contributed by atoms with Gasteiger partial charge in [-0.05, 0) is 6.92 Å². The molecule has 0 fully saturated rings. The van der Waals surface area contributed by atoms with E-state index in [2.05, 4.69) is 0 Å². The van der Waals surface area contributed by atoms with E-state index in [1.807, 2.05) is 19.1 Å². The highest BCUT2D eigenvalue weighted by molar-refractivity contribution is 5.01. The second-order valence-corrected chi connectivity index (χ2v) is 1.29. The van der Waals surface area contributed by atoms with Crippen molar-refractivity contribution < 1.29 is 4.48 Å². The smallest absolute Gasteiger partial charge is 0.0443 e. The Morgan fingerprint density at radius 2 is 2.25 bits per heavy atom. The lowest BCUT2D eigenvalue weighted by Gasteiger charge is -1.78. The zero-order chi connectivity index (χ0) is 6.24. The largest absolute Gasteiger partial charge is 0.155 e. The Bertz CT molecular complexity index is 86.5. The molecule has 0 aliphatic rings. The van der Waals surface area contributed by atoms with Crippen LogP contribution in [0.15, 0.2) is 24.3 Å². The summed E-state index contributed by atoms with van der Waals surface area (Å²) in [6, 6.07) is 0. The molecule has 0 rings (SSSR count). The van der Waals surface area contributed by atoms with Crippen molar-refractivity contribution in [3.63, 3.8) is 0 Å². The maximum atomic E-state index is 11.1. The summed E-state index contributed by atoms with van der Waals surface area (Å²) in [5.41, 5.74) is 1.51. The highest BCUT2D eigenvalue weighted by Crippen LogP contribution is 1.73. The molecule has 0 atom stereocenters. The standard InChI is InChI=1S/C6H10FN/c1-2-3-4-5-6-8-7/h2-5,8H,6H2,1H3/b3-2?,5-4-. The molecule has 0 heterocycles. The summed E-state index contributed by atoms with van der Waals surface area (Å²) in [5, 5.41) is 0. The van der Waals surface area contributed by atoms with E-state index in [1.54, 1.807) is 12.2 Å². The first-order valence-electron chi connectivity index (χ1n) is 2.53. The third-order valence-corrected chi connectivity index (χ3v) is 0.635. The van der Waals surface area contributed by atoms with Crippen LogP contribution in [0.2, 0.25) is 0 Å². The molecular weight excluding hydrogens is 105 g/mol. The van der Waals surface area contributed by atoms with E-state index < -0.39 is 0 Å². The molecule has 0 aliphatic carbocycles. The molecule has 0 aromatic carbocycles. The minimum absolute atomic E-state index is 0.282. The fourth-order valence-corrected chi connectivity index (χ4v) is 0.302. The van der Waals surface area contributed by atoms with Crippen LogP contribution in [0.1, 0.15) is 6.92 Å². The van der Waals surface area contributed by atoms with Gasteiger partial charge in [0.05, 0.1) is 0 Å². The molecule has 8 heavy (non-hydrogen) atoms. The number of hydrogen-bond donors (Lipinski definition) is 1. The molecule has 0 aliphatic heterocycles. The monoisotopic (exact) mass is 115 g/mol. The van der Waals surface area contributed by atoms with Crippen molar-refractivity contribution in [2.45, 2.75) is 6.92 Å². The molecule has 0 aromatic heterocycles. The second kappa shape index (κ2) is 6.37. The van der Waals surface area contributed by atoms with Crippen LogP contribution in [0, 0.1) is 0 Å². The van der Waals surface area contributed by atoms with E-state index in [9.17, 15) is 4.48 Å². The molecule has 0 unspecified atom stereocenters. The van der Waals surface area contributed by atoms with Gasteiger partial charge in [0, 0.05) is 6.54 Å². The molecular formula is C6H10FN. The van der Waals surface area contributed by atoms with E-state index >= 15 is 0 Å². The van der Waals surface area contributed by atoms with Crippen LogP contribution >= 0.6 is 0 Å². The lowest BCUT2D eigenvalue weighted by molar-refractivity contribution is 0.357. The van der Waals surface area contributed by atoms with Gasteiger partial charge in [0.2, 0.25) is 0 Å². The molecule has 0 radical (unpaired) electrons. The Morgan fingerprint density at radius 3 is 2.75 bits per heavy atom. The molecule has 1 N–H and O–H groups in total. The fraction of sp³-hybridized carbons (Fsp3) is 0.333. The molecule has 46 valence electrons. The average Bonchev–Trinajstić information content (AvgIpc) is 1.81. The normalized spacial score (nSPS) is 11.8. The number of hydrogen-bond acceptors (Lipinski definition) is 1. The van der Waals surface area contributed by atoms with Crippen LogP contribution in [0.3, 0.4) is 0 Å². The van der Waals surface area contributed by atoms with Gasteiger partial charge in [-0.3, -0.25) is 0 Å². The SMILES string of the molecule is CC=C/C=C\CNF. The van der Waals surface area contributed by atoms with Crippen LogP contribution in [0.4, 0.5) is 4.48 Å².